The van der Waals surface area contributed by atoms with E-state index in [1.165, 1.54) is 29.5 Å². The molecule has 0 saturated heterocycles. The number of nitrogens with zero attached hydrogens (tertiary/aromatic N) is 1. The number of benzene rings is 1. The highest BCUT2D eigenvalue weighted by atomic mass is 32.1. The summed E-state index contributed by atoms with van der Waals surface area (Å²) >= 11 is 1.29. The zero-order valence-corrected chi connectivity index (χ0v) is 11.4. The summed E-state index contributed by atoms with van der Waals surface area (Å²) < 4.78 is 19.5. The van der Waals surface area contributed by atoms with Crippen LogP contribution in [-0.2, 0) is 6.61 Å². The Hall–Kier alpha value is -2.54. The quantitative estimate of drug-likeness (QED) is 0.752. The Kier molecular flexibility index (Phi) is 3.49. The predicted molar refractivity (Wildman–Crippen MR) is 76.4 cm³/mol. The molecule has 1 N–H and O–H groups in total. The van der Waals surface area contributed by atoms with Crippen LogP contribution in [0.5, 0.6) is 5.75 Å². The number of carbonyl (C=O) groups is 1. The number of aldehydes is 1. The van der Waals surface area contributed by atoms with Crippen LogP contribution in [0.15, 0.2) is 34.4 Å². The molecule has 106 valence electrons. The van der Waals surface area contributed by atoms with Crippen LogP contribution < -0.4 is 10.3 Å². The fraction of sp³-hybridized carbons (Fsp3) is 0.0714. The van der Waals surface area contributed by atoms with E-state index in [1.807, 2.05) is 0 Å². The highest BCUT2D eigenvalue weighted by Gasteiger charge is 2.11. The van der Waals surface area contributed by atoms with Crippen LogP contribution in [0.2, 0.25) is 0 Å². The molecule has 0 aliphatic rings. The molecule has 7 heteroatoms. The molecule has 0 aliphatic heterocycles. The number of halogens is 1. The third kappa shape index (κ3) is 2.55. The van der Waals surface area contributed by atoms with Crippen molar-refractivity contribution in [1.82, 2.24) is 9.97 Å². The molecule has 0 amide bonds. The minimum Gasteiger partial charge on any atom is -0.482 e. The SMILES string of the molecule is O=Cc1cccc(F)c1OCc1nc2ccsc2c(=O)[nH]1. The number of thiophene rings is 1. The van der Waals surface area contributed by atoms with Gasteiger partial charge in [-0.3, -0.25) is 9.59 Å². The summed E-state index contributed by atoms with van der Waals surface area (Å²) in [5.41, 5.74) is 0.401. The molecule has 0 aliphatic carbocycles. The Morgan fingerprint density at radius 3 is 3.05 bits per heavy atom. The number of aromatic nitrogens is 2. The summed E-state index contributed by atoms with van der Waals surface area (Å²) in [7, 11) is 0. The van der Waals surface area contributed by atoms with Gasteiger partial charge in [0.25, 0.3) is 5.56 Å². The number of carbonyl (C=O) groups excluding carboxylic acids is 1. The molecule has 0 saturated carbocycles. The van der Waals surface area contributed by atoms with Crippen molar-refractivity contribution in [2.24, 2.45) is 0 Å². The predicted octanol–water partition coefficient (Wildman–Crippen LogP) is 2.52. The van der Waals surface area contributed by atoms with Gasteiger partial charge in [-0.25, -0.2) is 9.37 Å². The molecule has 0 fully saturated rings. The number of nitrogens with one attached hydrogen (secondary N) is 1. The molecule has 0 unspecified atom stereocenters. The monoisotopic (exact) mass is 304 g/mol. The lowest BCUT2D eigenvalue weighted by Crippen LogP contribution is -2.13. The van der Waals surface area contributed by atoms with Crippen molar-refractivity contribution in [2.75, 3.05) is 0 Å². The summed E-state index contributed by atoms with van der Waals surface area (Å²) in [6.07, 6.45) is 0.511. The van der Waals surface area contributed by atoms with Gasteiger partial charge in [0, 0.05) is 0 Å². The molecule has 0 radical (unpaired) electrons. The first-order valence-electron chi connectivity index (χ1n) is 6.02. The van der Waals surface area contributed by atoms with Gasteiger partial charge in [-0.1, -0.05) is 6.07 Å². The van der Waals surface area contributed by atoms with Crippen molar-refractivity contribution in [2.45, 2.75) is 6.61 Å². The lowest BCUT2D eigenvalue weighted by molar-refractivity contribution is 0.111. The number of fused-ring (bicyclic) bond motifs is 1. The van der Waals surface area contributed by atoms with Crippen LogP contribution in [0.4, 0.5) is 4.39 Å². The Morgan fingerprint density at radius 1 is 1.38 bits per heavy atom. The topological polar surface area (TPSA) is 72.0 Å². The number of hydrogen-bond acceptors (Lipinski definition) is 5. The Bertz CT molecular complexity index is 872. The van der Waals surface area contributed by atoms with E-state index >= 15 is 0 Å². The molecule has 3 rings (SSSR count). The first kappa shape index (κ1) is 13.4. The second kappa shape index (κ2) is 5.45. The van der Waals surface area contributed by atoms with Crippen molar-refractivity contribution in [1.29, 1.82) is 0 Å². The Labute approximate surface area is 122 Å². The van der Waals surface area contributed by atoms with Crippen molar-refractivity contribution in [3.63, 3.8) is 0 Å². The Morgan fingerprint density at radius 2 is 2.24 bits per heavy atom. The molecule has 0 spiro atoms. The molecular formula is C14H9FN2O3S. The minimum absolute atomic E-state index is 0.106. The second-order valence-corrected chi connectivity index (χ2v) is 5.13. The van der Waals surface area contributed by atoms with E-state index in [0.717, 1.165) is 0 Å². The van der Waals surface area contributed by atoms with E-state index in [9.17, 15) is 14.0 Å². The standard InChI is InChI=1S/C14H9FN2O3S/c15-9-3-1-2-8(6-18)12(9)20-7-11-16-10-4-5-21-13(10)14(19)17-11/h1-6H,7H2,(H,16,17,19). The molecule has 0 bridgehead atoms. The highest BCUT2D eigenvalue weighted by Crippen LogP contribution is 2.22. The maximum Gasteiger partial charge on any atom is 0.268 e. The van der Waals surface area contributed by atoms with Crippen molar-refractivity contribution in [3.8, 4) is 5.75 Å². The van der Waals surface area contributed by atoms with Gasteiger partial charge in [-0.2, -0.15) is 0 Å². The van der Waals surface area contributed by atoms with E-state index in [2.05, 4.69) is 9.97 Å². The molecule has 2 heterocycles. The molecule has 1 aromatic carbocycles. The van der Waals surface area contributed by atoms with Crippen LogP contribution in [0.1, 0.15) is 16.2 Å². The maximum absolute atomic E-state index is 13.6. The number of rotatable bonds is 4. The highest BCUT2D eigenvalue weighted by molar-refractivity contribution is 7.17. The molecule has 5 nitrogen and oxygen atoms in total. The summed E-state index contributed by atoms with van der Waals surface area (Å²) in [6, 6.07) is 5.78. The largest absolute Gasteiger partial charge is 0.482 e. The zero-order chi connectivity index (χ0) is 14.8. The van der Waals surface area contributed by atoms with Gasteiger partial charge in [-0.05, 0) is 23.6 Å². The summed E-state index contributed by atoms with van der Waals surface area (Å²) in [5, 5.41) is 1.76. The van der Waals surface area contributed by atoms with Crippen LogP contribution >= 0.6 is 11.3 Å². The smallest absolute Gasteiger partial charge is 0.268 e. The first-order valence-corrected chi connectivity index (χ1v) is 6.90. The van der Waals surface area contributed by atoms with Crippen LogP contribution in [0.25, 0.3) is 10.2 Å². The van der Waals surface area contributed by atoms with Gasteiger partial charge in [-0.15, -0.1) is 11.3 Å². The average molecular weight is 304 g/mol. The summed E-state index contributed by atoms with van der Waals surface area (Å²) in [6.45, 7) is -0.136. The maximum atomic E-state index is 13.6. The van der Waals surface area contributed by atoms with Gasteiger partial charge in [0.05, 0.1) is 11.1 Å². The number of para-hydroxylation sites is 1. The third-order valence-electron chi connectivity index (χ3n) is 2.84. The van der Waals surface area contributed by atoms with E-state index < -0.39 is 5.82 Å². The van der Waals surface area contributed by atoms with E-state index in [-0.39, 0.29) is 29.3 Å². The molecule has 0 atom stereocenters. The van der Waals surface area contributed by atoms with Gasteiger partial charge in [0.2, 0.25) is 0 Å². The number of aromatic amines is 1. The Balaban J connectivity index is 1.90. The van der Waals surface area contributed by atoms with Gasteiger partial charge in [0.1, 0.15) is 17.1 Å². The first-order chi connectivity index (χ1) is 10.2. The zero-order valence-electron chi connectivity index (χ0n) is 10.6. The molecule has 21 heavy (non-hydrogen) atoms. The lowest BCUT2D eigenvalue weighted by Gasteiger charge is -2.08. The van der Waals surface area contributed by atoms with E-state index in [1.54, 1.807) is 11.4 Å². The van der Waals surface area contributed by atoms with Crippen LogP contribution in [-0.4, -0.2) is 16.3 Å². The fourth-order valence-electron chi connectivity index (χ4n) is 1.90. The van der Waals surface area contributed by atoms with Gasteiger partial charge in [0.15, 0.2) is 17.9 Å². The van der Waals surface area contributed by atoms with Crippen molar-refractivity contribution < 1.29 is 13.9 Å². The van der Waals surface area contributed by atoms with Crippen molar-refractivity contribution in [3.05, 3.63) is 57.2 Å². The summed E-state index contributed by atoms with van der Waals surface area (Å²) in [5.74, 6) is -0.523. The average Bonchev–Trinajstić information content (AvgIpc) is 2.94. The van der Waals surface area contributed by atoms with Gasteiger partial charge < -0.3 is 9.72 Å². The second-order valence-electron chi connectivity index (χ2n) is 4.21. The van der Waals surface area contributed by atoms with Crippen molar-refractivity contribution >= 4 is 27.8 Å². The van der Waals surface area contributed by atoms with Gasteiger partial charge >= 0.3 is 0 Å². The number of ether oxygens (including phenoxy) is 1. The third-order valence-corrected chi connectivity index (χ3v) is 3.74. The minimum atomic E-state index is -0.640. The molecular weight excluding hydrogens is 295 g/mol. The number of hydrogen-bond donors (Lipinski definition) is 1. The normalized spacial score (nSPS) is 10.7. The van der Waals surface area contributed by atoms with Crippen LogP contribution in [0, 0.1) is 5.82 Å². The van der Waals surface area contributed by atoms with E-state index in [4.69, 9.17) is 4.74 Å². The molecule has 2 aromatic heterocycles. The molecule has 3 aromatic rings. The van der Waals surface area contributed by atoms with Crippen LogP contribution in [0.3, 0.4) is 0 Å². The number of H-pyrrole nitrogens is 1. The fourth-order valence-corrected chi connectivity index (χ4v) is 2.63. The lowest BCUT2D eigenvalue weighted by atomic mass is 10.2. The summed E-state index contributed by atoms with van der Waals surface area (Å²) in [4.78, 5) is 29.4. The van der Waals surface area contributed by atoms with E-state index in [0.29, 0.717) is 16.5 Å².